The summed E-state index contributed by atoms with van der Waals surface area (Å²) in [5, 5.41) is 3.87. The molecule has 8 heteroatoms. The zero-order valence-corrected chi connectivity index (χ0v) is 22.6. The van der Waals surface area contributed by atoms with E-state index in [9.17, 15) is 9.59 Å². The van der Waals surface area contributed by atoms with Crippen molar-refractivity contribution in [2.24, 2.45) is 5.41 Å². The van der Waals surface area contributed by atoms with Crippen LogP contribution in [0.5, 0.6) is 11.5 Å². The number of amides is 1. The smallest absolute Gasteiger partial charge is 0.270 e. The van der Waals surface area contributed by atoms with Crippen molar-refractivity contribution < 1.29 is 23.8 Å². The van der Waals surface area contributed by atoms with E-state index < -0.39 is 5.41 Å². The summed E-state index contributed by atoms with van der Waals surface area (Å²) < 4.78 is 17.3. The van der Waals surface area contributed by atoms with E-state index >= 15 is 0 Å². The molecule has 1 N–H and O–H groups in total. The number of hydrogen-bond acceptors (Lipinski definition) is 7. The van der Waals surface area contributed by atoms with Crippen molar-refractivity contribution in [2.45, 2.75) is 66.5 Å². The van der Waals surface area contributed by atoms with E-state index in [4.69, 9.17) is 14.2 Å². The van der Waals surface area contributed by atoms with Gasteiger partial charge in [-0.1, -0.05) is 26.8 Å². The molecule has 1 fully saturated rings. The highest BCUT2D eigenvalue weighted by Crippen LogP contribution is 2.32. The van der Waals surface area contributed by atoms with Gasteiger partial charge in [-0.05, 0) is 52.3 Å². The summed E-state index contributed by atoms with van der Waals surface area (Å²) in [5.74, 6) is 0.708. The Morgan fingerprint density at radius 2 is 1.94 bits per heavy atom. The molecule has 0 bridgehead atoms. The average molecular weight is 500 g/mol. The number of rotatable bonds is 11. The van der Waals surface area contributed by atoms with Gasteiger partial charge in [0.15, 0.2) is 5.78 Å². The minimum atomic E-state index is -0.513. The van der Waals surface area contributed by atoms with Gasteiger partial charge in [-0.3, -0.25) is 14.5 Å². The van der Waals surface area contributed by atoms with Crippen LogP contribution in [-0.2, 0) is 9.53 Å². The van der Waals surface area contributed by atoms with Crippen LogP contribution in [-0.4, -0.2) is 73.2 Å². The third-order valence-corrected chi connectivity index (χ3v) is 6.40. The first-order valence-corrected chi connectivity index (χ1v) is 13.0. The number of pyridine rings is 1. The Labute approximate surface area is 214 Å². The molecule has 0 unspecified atom stereocenters. The number of para-hydroxylation sites is 1. The molecule has 0 saturated carbocycles. The molecule has 1 atom stereocenters. The average Bonchev–Trinajstić information content (AvgIpc) is 2.84. The summed E-state index contributed by atoms with van der Waals surface area (Å²) in [5.41, 5.74) is 0.236. The molecule has 8 nitrogen and oxygen atoms in total. The predicted molar refractivity (Wildman–Crippen MR) is 141 cm³/mol. The highest BCUT2D eigenvalue weighted by atomic mass is 16.5. The Kier molecular flexibility index (Phi) is 9.68. The SMILES string of the molecule is CCOCCOc1cc(C(=O)N[C@@H]2CCCN(C(C)C)C2)nc2c(OCC(=O)C(C)(C)C)cccc12. The quantitative estimate of drug-likeness (QED) is 0.462. The topological polar surface area (TPSA) is 90.0 Å². The number of ketones is 1. The van der Waals surface area contributed by atoms with Crippen LogP contribution in [0, 0.1) is 5.41 Å². The summed E-state index contributed by atoms with van der Waals surface area (Å²) in [6.07, 6.45) is 1.98. The zero-order chi connectivity index (χ0) is 26.3. The van der Waals surface area contributed by atoms with Gasteiger partial charge < -0.3 is 19.5 Å². The number of carbonyl (C=O) groups excluding carboxylic acids is 2. The number of nitrogens with one attached hydrogen (secondary N) is 1. The Hall–Kier alpha value is -2.71. The number of fused-ring (bicyclic) bond motifs is 1. The Bertz CT molecular complexity index is 1050. The molecule has 1 amide bonds. The lowest BCUT2D eigenvalue weighted by Crippen LogP contribution is -2.49. The van der Waals surface area contributed by atoms with Crippen LogP contribution in [0.2, 0.25) is 0 Å². The summed E-state index contributed by atoms with van der Waals surface area (Å²) in [4.78, 5) is 32.8. The first-order valence-electron chi connectivity index (χ1n) is 13.0. The molecule has 1 aromatic heterocycles. The first-order chi connectivity index (χ1) is 17.1. The van der Waals surface area contributed by atoms with E-state index in [0.29, 0.717) is 48.3 Å². The number of Topliss-reactive ketones (excluding diaryl/α,β-unsaturated/α-hetero) is 1. The number of nitrogens with zero attached hydrogens (tertiary/aromatic N) is 2. The van der Waals surface area contributed by atoms with Crippen molar-refractivity contribution in [3.63, 3.8) is 0 Å². The standard InChI is InChI=1S/C28H41N3O5/c1-7-34-14-15-35-24-16-22(27(33)29-20-10-9-13-31(17-20)19(2)3)30-26-21(24)11-8-12-23(26)36-18-25(32)28(4,5)6/h8,11-12,16,19-20H,7,9-10,13-15,17-18H2,1-6H3,(H,29,33)/t20-/m1/s1. The molecule has 1 aliphatic heterocycles. The van der Waals surface area contributed by atoms with Gasteiger partial charge in [-0.25, -0.2) is 4.98 Å². The molecule has 198 valence electrons. The summed E-state index contributed by atoms with van der Waals surface area (Å²) in [7, 11) is 0. The number of ether oxygens (including phenoxy) is 3. The third-order valence-electron chi connectivity index (χ3n) is 6.40. The van der Waals surface area contributed by atoms with Gasteiger partial charge in [-0.2, -0.15) is 0 Å². The molecule has 0 aliphatic carbocycles. The molecule has 2 aromatic rings. The number of piperidine rings is 1. The zero-order valence-electron chi connectivity index (χ0n) is 22.6. The largest absolute Gasteiger partial charge is 0.490 e. The Balaban J connectivity index is 1.89. The molecule has 3 rings (SSSR count). The van der Waals surface area contributed by atoms with Crippen molar-refractivity contribution in [1.82, 2.24) is 15.2 Å². The van der Waals surface area contributed by atoms with E-state index in [-0.39, 0.29) is 30.0 Å². The second kappa shape index (κ2) is 12.5. The normalized spacial score (nSPS) is 16.8. The van der Waals surface area contributed by atoms with Gasteiger partial charge in [0.1, 0.15) is 35.9 Å². The van der Waals surface area contributed by atoms with Gasteiger partial charge in [0.2, 0.25) is 0 Å². The van der Waals surface area contributed by atoms with Crippen LogP contribution in [0.4, 0.5) is 0 Å². The van der Waals surface area contributed by atoms with Crippen LogP contribution in [0.15, 0.2) is 24.3 Å². The van der Waals surface area contributed by atoms with E-state index in [1.807, 2.05) is 39.8 Å². The molecule has 1 saturated heterocycles. The molecule has 2 heterocycles. The van der Waals surface area contributed by atoms with E-state index in [1.165, 1.54) is 0 Å². The van der Waals surface area contributed by atoms with Crippen molar-refractivity contribution in [3.8, 4) is 11.5 Å². The fourth-order valence-electron chi connectivity index (χ4n) is 4.11. The molecule has 0 spiro atoms. The van der Waals surface area contributed by atoms with Crippen LogP contribution < -0.4 is 14.8 Å². The maximum atomic E-state index is 13.3. The minimum absolute atomic E-state index is 0.0198. The van der Waals surface area contributed by atoms with Crippen molar-refractivity contribution in [2.75, 3.05) is 39.5 Å². The fraction of sp³-hybridized carbons (Fsp3) is 0.607. The third kappa shape index (κ3) is 7.40. The van der Waals surface area contributed by atoms with Crippen molar-refractivity contribution in [3.05, 3.63) is 30.0 Å². The van der Waals surface area contributed by atoms with Gasteiger partial charge >= 0.3 is 0 Å². The molecule has 1 aliphatic rings. The van der Waals surface area contributed by atoms with Crippen LogP contribution >= 0.6 is 0 Å². The number of likely N-dealkylation sites (tertiary alicyclic amines) is 1. The number of hydrogen-bond donors (Lipinski definition) is 1. The fourth-order valence-corrected chi connectivity index (χ4v) is 4.11. The first kappa shape index (κ1) is 27.9. The highest BCUT2D eigenvalue weighted by Gasteiger charge is 2.25. The number of carbonyl (C=O) groups is 2. The maximum absolute atomic E-state index is 13.3. The number of benzene rings is 1. The lowest BCUT2D eigenvalue weighted by atomic mass is 9.91. The van der Waals surface area contributed by atoms with E-state index in [0.717, 1.165) is 25.9 Å². The molecular formula is C28H41N3O5. The second-order valence-electron chi connectivity index (χ2n) is 10.6. The van der Waals surface area contributed by atoms with Gasteiger partial charge in [-0.15, -0.1) is 0 Å². The number of aromatic nitrogens is 1. The lowest BCUT2D eigenvalue weighted by Gasteiger charge is -2.35. The Morgan fingerprint density at radius 3 is 2.64 bits per heavy atom. The van der Waals surface area contributed by atoms with Gasteiger partial charge in [0.05, 0.1) is 6.61 Å². The Morgan fingerprint density at radius 1 is 1.17 bits per heavy atom. The van der Waals surface area contributed by atoms with Crippen LogP contribution in [0.3, 0.4) is 0 Å². The molecule has 1 aromatic carbocycles. The maximum Gasteiger partial charge on any atom is 0.270 e. The van der Waals surface area contributed by atoms with E-state index in [1.54, 1.807) is 12.1 Å². The summed E-state index contributed by atoms with van der Waals surface area (Å²) >= 11 is 0. The predicted octanol–water partition coefficient (Wildman–Crippen LogP) is 4.25. The second-order valence-corrected chi connectivity index (χ2v) is 10.6. The van der Waals surface area contributed by atoms with Gasteiger partial charge in [0, 0.05) is 42.1 Å². The molecule has 36 heavy (non-hydrogen) atoms. The highest BCUT2D eigenvalue weighted by molar-refractivity contribution is 5.98. The minimum Gasteiger partial charge on any atom is -0.490 e. The lowest BCUT2D eigenvalue weighted by molar-refractivity contribution is -0.128. The van der Waals surface area contributed by atoms with Crippen LogP contribution in [0.1, 0.15) is 64.9 Å². The van der Waals surface area contributed by atoms with Gasteiger partial charge in [0.25, 0.3) is 5.91 Å². The monoisotopic (exact) mass is 499 g/mol. The summed E-state index contributed by atoms with van der Waals surface area (Å²) in [6.45, 7) is 15.0. The van der Waals surface area contributed by atoms with E-state index in [2.05, 4.69) is 29.0 Å². The molecule has 0 radical (unpaired) electrons. The van der Waals surface area contributed by atoms with Crippen molar-refractivity contribution >= 4 is 22.6 Å². The van der Waals surface area contributed by atoms with Crippen LogP contribution in [0.25, 0.3) is 10.9 Å². The molecular weight excluding hydrogens is 458 g/mol. The van der Waals surface area contributed by atoms with Crippen molar-refractivity contribution in [1.29, 1.82) is 0 Å². The summed E-state index contributed by atoms with van der Waals surface area (Å²) in [6, 6.07) is 7.64.